The second kappa shape index (κ2) is 7.04. The Hall–Kier alpha value is -3.02. The number of imidazole rings is 1. The summed E-state index contributed by atoms with van der Waals surface area (Å²) in [5, 5.41) is 22.2. The zero-order valence-corrected chi connectivity index (χ0v) is 14.1. The van der Waals surface area contributed by atoms with Gasteiger partial charge in [-0.05, 0) is 31.5 Å². The van der Waals surface area contributed by atoms with E-state index < -0.39 is 0 Å². The highest BCUT2D eigenvalue weighted by molar-refractivity contribution is 5.85. The van der Waals surface area contributed by atoms with Crippen LogP contribution in [0.3, 0.4) is 0 Å². The van der Waals surface area contributed by atoms with E-state index in [-0.39, 0.29) is 18.3 Å². The maximum atomic E-state index is 9.55. The standard InChI is InChI=1S/C18H15N5.ClH/c1-12-16(9-19)18(17(10-20)13(2)22-12)14-4-3-5-15(8-14)23-7-6-21-11-23;/h3-8,11,18,22H,1-2H3;1H. The third kappa shape index (κ3) is 2.90. The van der Waals surface area contributed by atoms with E-state index in [4.69, 9.17) is 0 Å². The van der Waals surface area contributed by atoms with E-state index in [2.05, 4.69) is 22.4 Å². The largest absolute Gasteiger partial charge is 0.361 e. The normalized spacial score (nSPS) is 14.5. The Morgan fingerprint density at radius 3 is 2.33 bits per heavy atom. The molecule has 0 bridgehead atoms. The molecule has 0 fully saturated rings. The number of nitrogens with one attached hydrogen (secondary N) is 1. The molecule has 2 heterocycles. The van der Waals surface area contributed by atoms with Crippen LogP contribution in [-0.4, -0.2) is 9.55 Å². The Morgan fingerprint density at radius 2 is 1.79 bits per heavy atom. The SMILES string of the molecule is CC1=C(C#N)C(c2cccc(-n3ccnc3)c2)C(C#N)=C(C)N1.Cl. The van der Waals surface area contributed by atoms with Crippen molar-refractivity contribution in [2.45, 2.75) is 19.8 Å². The monoisotopic (exact) mass is 337 g/mol. The smallest absolute Gasteiger partial charge is 0.0991 e. The molecular weight excluding hydrogens is 322 g/mol. The van der Waals surface area contributed by atoms with E-state index in [1.54, 1.807) is 12.5 Å². The van der Waals surface area contributed by atoms with Gasteiger partial charge < -0.3 is 9.88 Å². The molecule has 0 spiro atoms. The molecular formula is C18H16ClN5. The molecule has 3 rings (SSSR count). The van der Waals surface area contributed by atoms with Crippen LogP contribution in [0, 0.1) is 22.7 Å². The second-order valence-electron chi connectivity index (χ2n) is 5.42. The van der Waals surface area contributed by atoms with Crippen LogP contribution >= 0.6 is 12.4 Å². The fourth-order valence-electron chi connectivity index (χ4n) is 2.90. The summed E-state index contributed by atoms with van der Waals surface area (Å²) in [6, 6.07) is 12.4. The molecule has 0 radical (unpaired) electrons. The van der Waals surface area contributed by atoms with Gasteiger partial charge in [-0.15, -0.1) is 12.4 Å². The lowest BCUT2D eigenvalue weighted by molar-refractivity contribution is 0.813. The van der Waals surface area contributed by atoms with Gasteiger partial charge in [-0.2, -0.15) is 10.5 Å². The Bertz CT molecular complexity index is 858. The third-order valence-corrected chi connectivity index (χ3v) is 4.01. The van der Waals surface area contributed by atoms with Gasteiger partial charge >= 0.3 is 0 Å². The quantitative estimate of drug-likeness (QED) is 0.908. The molecule has 120 valence electrons. The number of hydrogen-bond donors (Lipinski definition) is 1. The number of dihydropyridines is 1. The number of rotatable bonds is 2. The zero-order valence-electron chi connectivity index (χ0n) is 13.3. The van der Waals surface area contributed by atoms with E-state index in [0.29, 0.717) is 11.1 Å². The molecule has 0 atom stereocenters. The van der Waals surface area contributed by atoms with Gasteiger partial charge in [-0.3, -0.25) is 0 Å². The summed E-state index contributed by atoms with van der Waals surface area (Å²) < 4.78 is 1.90. The lowest BCUT2D eigenvalue weighted by Gasteiger charge is -2.26. The van der Waals surface area contributed by atoms with Gasteiger partial charge in [0.1, 0.15) is 0 Å². The van der Waals surface area contributed by atoms with Crippen molar-refractivity contribution < 1.29 is 0 Å². The van der Waals surface area contributed by atoms with Crippen molar-refractivity contribution in [2.24, 2.45) is 0 Å². The van der Waals surface area contributed by atoms with Crippen LogP contribution in [0.1, 0.15) is 25.3 Å². The van der Waals surface area contributed by atoms with Crippen molar-refractivity contribution in [3.05, 3.63) is 71.1 Å². The molecule has 1 aliphatic heterocycles. The summed E-state index contributed by atoms with van der Waals surface area (Å²) in [6.45, 7) is 3.73. The van der Waals surface area contributed by atoms with Gasteiger partial charge in [0.05, 0.1) is 35.5 Å². The van der Waals surface area contributed by atoms with Crippen molar-refractivity contribution >= 4 is 12.4 Å². The van der Waals surface area contributed by atoms with Gasteiger partial charge in [0, 0.05) is 29.5 Å². The van der Waals surface area contributed by atoms with Crippen molar-refractivity contribution in [1.29, 1.82) is 10.5 Å². The van der Waals surface area contributed by atoms with Crippen molar-refractivity contribution in [3.63, 3.8) is 0 Å². The maximum Gasteiger partial charge on any atom is 0.0991 e. The summed E-state index contributed by atoms with van der Waals surface area (Å²) in [7, 11) is 0. The van der Waals surface area contributed by atoms with E-state index in [0.717, 1.165) is 22.6 Å². The molecule has 1 aromatic carbocycles. The van der Waals surface area contributed by atoms with E-state index in [1.165, 1.54) is 0 Å². The third-order valence-electron chi connectivity index (χ3n) is 4.01. The first kappa shape index (κ1) is 17.3. The van der Waals surface area contributed by atoms with Crippen LogP contribution in [-0.2, 0) is 0 Å². The summed E-state index contributed by atoms with van der Waals surface area (Å²) in [6.07, 6.45) is 5.30. The van der Waals surface area contributed by atoms with Gasteiger partial charge in [0.15, 0.2) is 0 Å². The molecule has 0 aliphatic carbocycles. The average molecular weight is 338 g/mol. The number of hydrogen-bond acceptors (Lipinski definition) is 4. The lowest BCUT2D eigenvalue weighted by atomic mass is 9.81. The highest BCUT2D eigenvalue weighted by atomic mass is 35.5. The van der Waals surface area contributed by atoms with Crippen molar-refractivity contribution in [1.82, 2.24) is 14.9 Å². The van der Waals surface area contributed by atoms with Gasteiger partial charge in [-0.1, -0.05) is 12.1 Å². The van der Waals surface area contributed by atoms with E-state index in [9.17, 15) is 10.5 Å². The molecule has 6 heteroatoms. The number of allylic oxidation sites excluding steroid dienone is 4. The van der Waals surface area contributed by atoms with Crippen LogP contribution < -0.4 is 5.32 Å². The van der Waals surface area contributed by atoms with Crippen LogP contribution in [0.25, 0.3) is 5.69 Å². The molecule has 0 saturated heterocycles. The van der Waals surface area contributed by atoms with Gasteiger partial charge in [0.25, 0.3) is 0 Å². The van der Waals surface area contributed by atoms with Crippen molar-refractivity contribution in [2.75, 3.05) is 0 Å². The molecule has 1 N–H and O–H groups in total. The maximum absolute atomic E-state index is 9.55. The summed E-state index contributed by atoms with van der Waals surface area (Å²) in [5.74, 6) is -0.338. The molecule has 2 aromatic rings. The lowest BCUT2D eigenvalue weighted by Crippen LogP contribution is -2.23. The van der Waals surface area contributed by atoms with Crippen LogP contribution in [0.5, 0.6) is 0 Å². The number of nitriles is 2. The molecule has 0 unspecified atom stereocenters. The van der Waals surface area contributed by atoms with Gasteiger partial charge in [0.2, 0.25) is 0 Å². The molecule has 0 amide bonds. The molecule has 1 aliphatic rings. The first-order valence-corrected chi connectivity index (χ1v) is 7.22. The minimum Gasteiger partial charge on any atom is -0.361 e. The second-order valence-corrected chi connectivity index (χ2v) is 5.42. The minimum atomic E-state index is -0.338. The molecule has 1 aromatic heterocycles. The zero-order chi connectivity index (χ0) is 16.4. The van der Waals surface area contributed by atoms with Crippen LogP contribution in [0.2, 0.25) is 0 Å². The molecule has 5 nitrogen and oxygen atoms in total. The fourth-order valence-corrected chi connectivity index (χ4v) is 2.90. The highest BCUT2D eigenvalue weighted by Crippen LogP contribution is 2.37. The Balaban J connectivity index is 0.00000208. The summed E-state index contributed by atoms with van der Waals surface area (Å²) >= 11 is 0. The van der Waals surface area contributed by atoms with Gasteiger partial charge in [-0.25, -0.2) is 4.98 Å². The Labute approximate surface area is 147 Å². The first-order chi connectivity index (χ1) is 11.2. The predicted molar refractivity (Wildman–Crippen MR) is 93.3 cm³/mol. The Kier molecular flexibility index (Phi) is 5.08. The van der Waals surface area contributed by atoms with Crippen molar-refractivity contribution in [3.8, 4) is 17.8 Å². The number of nitrogens with zero attached hydrogens (tertiary/aromatic N) is 4. The first-order valence-electron chi connectivity index (χ1n) is 7.22. The summed E-state index contributed by atoms with van der Waals surface area (Å²) in [4.78, 5) is 4.06. The van der Waals surface area contributed by atoms with E-state index in [1.807, 2.05) is 48.9 Å². The van der Waals surface area contributed by atoms with Crippen LogP contribution in [0.15, 0.2) is 65.5 Å². The molecule has 0 saturated carbocycles. The Morgan fingerprint density at radius 1 is 1.12 bits per heavy atom. The van der Waals surface area contributed by atoms with E-state index >= 15 is 0 Å². The summed E-state index contributed by atoms with van der Waals surface area (Å²) in [5.41, 5.74) is 4.61. The number of halogens is 1. The minimum absolute atomic E-state index is 0. The van der Waals surface area contributed by atoms with Crippen LogP contribution in [0.4, 0.5) is 0 Å². The fraction of sp³-hybridized carbons (Fsp3) is 0.167. The highest BCUT2D eigenvalue weighted by Gasteiger charge is 2.29. The molecule has 24 heavy (non-hydrogen) atoms. The number of benzene rings is 1. The predicted octanol–water partition coefficient (Wildman–Crippen LogP) is 3.58. The topological polar surface area (TPSA) is 77.4 Å². The average Bonchev–Trinajstić information content (AvgIpc) is 3.09. The number of aromatic nitrogens is 2.